The van der Waals surface area contributed by atoms with Crippen molar-refractivity contribution in [3.63, 3.8) is 0 Å². The van der Waals surface area contributed by atoms with Gasteiger partial charge in [0, 0.05) is 21.8 Å². The lowest BCUT2D eigenvalue weighted by atomic mass is 10.3. The molecule has 0 amide bonds. The summed E-state index contributed by atoms with van der Waals surface area (Å²) in [5.41, 5.74) is 0.439. The summed E-state index contributed by atoms with van der Waals surface area (Å²) in [4.78, 5) is 3.94. The van der Waals surface area contributed by atoms with Crippen LogP contribution in [-0.2, 0) is 10.0 Å². The molecule has 1 aromatic heterocycles. The van der Waals surface area contributed by atoms with Crippen LogP contribution in [0.1, 0.15) is 0 Å². The van der Waals surface area contributed by atoms with Gasteiger partial charge in [0.15, 0.2) is 0 Å². The molecule has 0 aliphatic carbocycles. The molecule has 2 aromatic rings. The number of halogens is 3. The molecule has 1 heterocycles. The summed E-state index contributed by atoms with van der Waals surface area (Å²) in [6, 6.07) is 6.20. The molecule has 21 heavy (non-hydrogen) atoms. The normalized spacial score (nSPS) is 11.2. The monoisotopic (exact) mass is 457 g/mol. The molecule has 2 rings (SSSR count). The average Bonchev–Trinajstić information content (AvgIpc) is 2.42. The van der Waals surface area contributed by atoms with E-state index in [-0.39, 0.29) is 9.92 Å². The van der Waals surface area contributed by atoms with Crippen molar-refractivity contribution >= 4 is 67.3 Å². The Morgan fingerprint density at radius 2 is 1.95 bits per heavy atom. The van der Waals surface area contributed by atoms with E-state index in [0.29, 0.717) is 20.1 Å². The largest absolute Gasteiger partial charge is 0.372 e. The van der Waals surface area contributed by atoms with Gasteiger partial charge in [0.25, 0.3) is 10.0 Å². The third-order valence-electron chi connectivity index (χ3n) is 2.54. The number of hydrogen-bond donors (Lipinski definition) is 2. The van der Waals surface area contributed by atoms with Gasteiger partial charge in [-0.1, -0.05) is 23.2 Å². The number of pyridine rings is 1. The van der Waals surface area contributed by atoms with Gasteiger partial charge in [-0.25, -0.2) is 13.4 Å². The first-order valence-corrected chi connectivity index (χ1v) is 8.96. The molecule has 0 bridgehead atoms. The summed E-state index contributed by atoms with van der Waals surface area (Å²) in [6.07, 6.45) is 1.24. The fourth-order valence-corrected chi connectivity index (χ4v) is 4.09. The van der Waals surface area contributed by atoms with E-state index in [1.165, 1.54) is 12.3 Å². The molecule has 9 heteroatoms. The third kappa shape index (κ3) is 3.91. The number of anilines is 2. The van der Waals surface area contributed by atoms with Gasteiger partial charge in [0.2, 0.25) is 0 Å². The molecule has 1 aromatic carbocycles. The van der Waals surface area contributed by atoms with Crippen LogP contribution in [0.15, 0.2) is 35.4 Å². The van der Waals surface area contributed by atoms with Crippen LogP contribution in [0.2, 0.25) is 10.0 Å². The summed E-state index contributed by atoms with van der Waals surface area (Å²) < 4.78 is 27.8. The fourth-order valence-electron chi connectivity index (χ4n) is 1.53. The second-order valence-corrected chi connectivity index (χ2v) is 7.67. The van der Waals surface area contributed by atoms with E-state index >= 15 is 0 Å². The molecule has 2 N–H and O–H groups in total. The van der Waals surface area contributed by atoms with Gasteiger partial charge in [-0.15, -0.1) is 0 Å². The lowest BCUT2D eigenvalue weighted by Gasteiger charge is -2.11. The zero-order chi connectivity index (χ0) is 15.6. The Morgan fingerprint density at radius 1 is 1.24 bits per heavy atom. The predicted octanol–water partition coefficient (Wildman–Crippen LogP) is 3.84. The minimum atomic E-state index is -3.77. The molecule has 0 spiro atoms. The Bertz CT molecular complexity index is 784. The van der Waals surface area contributed by atoms with Crippen LogP contribution in [0.5, 0.6) is 0 Å². The number of rotatable bonds is 4. The maximum Gasteiger partial charge on any atom is 0.263 e. The van der Waals surface area contributed by atoms with Gasteiger partial charge >= 0.3 is 0 Å². The van der Waals surface area contributed by atoms with Crippen molar-refractivity contribution in [3.05, 3.63) is 44.1 Å². The highest BCUT2D eigenvalue weighted by Gasteiger charge is 2.18. The lowest BCUT2D eigenvalue weighted by Crippen LogP contribution is -2.14. The lowest BCUT2D eigenvalue weighted by molar-refractivity contribution is 0.601. The van der Waals surface area contributed by atoms with Crippen molar-refractivity contribution in [1.29, 1.82) is 0 Å². The highest BCUT2D eigenvalue weighted by molar-refractivity contribution is 14.1. The summed E-state index contributed by atoms with van der Waals surface area (Å²) in [5.74, 6) is 0.414. The van der Waals surface area contributed by atoms with Crippen molar-refractivity contribution in [2.45, 2.75) is 4.90 Å². The second-order valence-electron chi connectivity index (χ2n) is 3.98. The first-order chi connectivity index (χ1) is 9.83. The summed E-state index contributed by atoms with van der Waals surface area (Å²) in [7, 11) is -2.12. The molecule has 0 fully saturated rings. The topological polar surface area (TPSA) is 71.1 Å². The van der Waals surface area contributed by atoms with Gasteiger partial charge in [0.1, 0.15) is 10.7 Å². The molecular weight excluding hydrogens is 448 g/mol. The van der Waals surface area contributed by atoms with Crippen LogP contribution in [0, 0.1) is 3.57 Å². The first kappa shape index (κ1) is 16.6. The zero-order valence-electron chi connectivity index (χ0n) is 10.7. The van der Waals surface area contributed by atoms with Crippen LogP contribution in [0.25, 0.3) is 0 Å². The van der Waals surface area contributed by atoms with Gasteiger partial charge in [-0.2, -0.15) is 0 Å². The summed E-state index contributed by atoms with van der Waals surface area (Å²) in [6.45, 7) is 0. The Morgan fingerprint density at radius 3 is 2.52 bits per heavy atom. The van der Waals surface area contributed by atoms with Crippen molar-refractivity contribution < 1.29 is 8.42 Å². The standard InChI is InChI=1S/C12H10Cl2IN3O2S/c1-16-12-9(14)5-8(6-17-12)21(19,20)18-11-3-2-7(13)4-10(11)15/h2-6,18H,1H3,(H,16,17). The van der Waals surface area contributed by atoms with E-state index in [4.69, 9.17) is 23.2 Å². The quantitative estimate of drug-likeness (QED) is 0.684. The number of sulfonamides is 1. The van der Waals surface area contributed by atoms with Crippen LogP contribution in [0.4, 0.5) is 11.5 Å². The fraction of sp³-hybridized carbons (Fsp3) is 0.0833. The molecule has 0 atom stereocenters. The summed E-state index contributed by atoms with van der Waals surface area (Å²) in [5, 5.41) is 3.53. The van der Waals surface area contributed by atoms with Gasteiger partial charge in [-0.05, 0) is 46.9 Å². The van der Waals surface area contributed by atoms with Crippen molar-refractivity contribution in [3.8, 4) is 0 Å². The molecule has 0 saturated heterocycles. The number of benzene rings is 1. The van der Waals surface area contributed by atoms with E-state index in [1.54, 1.807) is 25.2 Å². The van der Waals surface area contributed by atoms with Gasteiger partial charge in [0.05, 0.1) is 10.7 Å². The Labute approximate surface area is 146 Å². The molecule has 0 aliphatic rings. The van der Waals surface area contributed by atoms with E-state index in [9.17, 15) is 8.42 Å². The molecule has 0 aliphatic heterocycles. The summed E-state index contributed by atoms with van der Waals surface area (Å²) >= 11 is 13.8. The molecule has 112 valence electrons. The maximum atomic E-state index is 12.3. The number of nitrogens with one attached hydrogen (secondary N) is 2. The van der Waals surface area contributed by atoms with Gasteiger partial charge in [-0.3, -0.25) is 4.72 Å². The molecule has 5 nitrogen and oxygen atoms in total. The van der Waals surface area contributed by atoms with Gasteiger partial charge < -0.3 is 5.32 Å². The zero-order valence-corrected chi connectivity index (χ0v) is 15.2. The molecule has 0 saturated carbocycles. The molecular formula is C12H10Cl2IN3O2S. The minimum Gasteiger partial charge on any atom is -0.372 e. The van der Waals surface area contributed by atoms with E-state index < -0.39 is 10.0 Å². The molecule has 0 radical (unpaired) electrons. The SMILES string of the molecule is CNc1ncc(S(=O)(=O)Nc2ccc(Cl)cc2I)cc1Cl. The van der Waals surface area contributed by atoms with Crippen LogP contribution in [-0.4, -0.2) is 20.4 Å². The van der Waals surface area contributed by atoms with E-state index in [0.717, 1.165) is 0 Å². The highest BCUT2D eigenvalue weighted by atomic mass is 127. The highest BCUT2D eigenvalue weighted by Crippen LogP contribution is 2.27. The van der Waals surface area contributed by atoms with E-state index in [1.807, 2.05) is 22.6 Å². The number of hydrogen-bond acceptors (Lipinski definition) is 4. The minimum absolute atomic E-state index is 0.0164. The average molecular weight is 458 g/mol. The third-order valence-corrected chi connectivity index (χ3v) is 5.29. The van der Waals surface area contributed by atoms with E-state index in [2.05, 4.69) is 15.0 Å². The van der Waals surface area contributed by atoms with Crippen molar-refractivity contribution in [2.75, 3.05) is 17.1 Å². The number of nitrogens with zero attached hydrogens (tertiary/aromatic N) is 1. The predicted molar refractivity (Wildman–Crippen MR) is 93.8 cm³/mol. The maximum absolute atomic E-state index is 12.3. The Hall–Kier alpha value is -0.770. The van der Waals surface area contributed by atoms with Crippen molar-refractivity contribution in [1.82, 2.24) is 4.98 Å². The van der Waals surface area contributed by atoms with Crippen LogP contribution in [0.3, 0.4) is 0 Å². The van der Waals surface area contributed by atoms with Crippen molar-refractivity contribution in [2.24, 2.45) is 0 Å². The Kier molecular flexibility index (Phi) is 5.18. The van der Waals surface area contributed by atoms with Crippen LogP contribution < -0.4 is 10.0 Å². The number of aromatic nitrogens is 1. The smallest absolute Gasteiger partial charge is 0.263 e. The second kappa shape index (κ2) is 6.55. The van der Waals surface area contributed by atoms with Crippen LogP contribution >= 0.6 is 45.8 Å². The Balaban J connectivity index is 2.36. The molecule has 0 unspecified atom stereocenters. The first-order valence-electron chi connectivity index (χ1n) is 5.64.